The van der Waals surface area contributed by atoms with Gasteiger partial charge in [0.15, 0.2) is 0 Å². The zero-order chi connectivity index (χ0) is 15.1. The standard InChI is InChI=1S/C15H23N3O3/c1-18(11-12-9-13(20-2)6-7-16-12)15(19)17-10-14-5-3-4-8-21-14/h6-7,9,14H,3-5,8,10-11H2,1-2H3,(H,17,19)/t14-/m1/s1. The average molecular weight is 293 g/mol. The second kappa shape index (κ2) is 7.83. The Balaban J connectivity index is 1.78. The number of aromatic nitrogens is 1. The Morgan fingerprint density at radius 1 is 1.57 bits per heavy atom. The maximum Gasteiger partial charge on any atom is 0.317 e. The van der Waals surface area contributed by atoms with Crippen LogP contribution in [0, 0.1) is 0 Å². The van der Waals surface area contributed by atoms with E-state index in [0.717, 1.165) is 30.9 Å². The van der Waals surface area contributed by atoms with Gasteiger partial charge < -0.3 is 19.7 Å². The zero-order valence-corrected chi connectivity index (χ0v) is 12.7. The van der Waals surface area contributed by atoms with Crippen LogP contribution in [0.1, 0.15) is 25.0 Å². The Hall–Kier alpha value is -1.82. The van der Waals surface area contributed by atoms with Crippen molar-refractivity contribution in [3.63, 3.8) is 0 Å². The first-order valence-electron chi connectivity index (χ1n) is 7.28. The summed E-state index contributed by atoms with van der Waals surface area (Å²) in [5, 5.41) is 2.90. The van der Waals surface area contributed by atoms with Gasteiger partial charge in [-0.15, -0.1) is 0 Å². The Kier molecular flexibility index (Phi) is 5.80. The Labute approximate surface area is 125 Å². The Morgan fingerprint density at radius 3 is 3.14 bits per heavy atom. The van der Waals surface area contributed by atoms with Gasteiger partial charge >= 0.3 is 6.03 Å². The molecule has 0 aromatic carbocycles. The monoisotopic (exact) mass is 293 g/mol. The summed E-state index contributed by atoms with van der Waals surface area (Å²) in [5.41, 5.74) is 0.793. The lowest BCUT2D eigenvalue weighted by atomic mass is 10.1. The van der Waals surface area contributed by atoms with Gasteiger partial charge in [-0.05, 0) is 25.3 Å². The summed E-state index contributed by atoms with van der Waals surface area (Å²) in [6.07, 6.45) is 5.12. The van der Waals surface area contributed by atoms with Gasteiger partial charge in [-0.1, -0.05) is 0 Å². The lowest BCUT2D eigenvalue weighted by Crippen LogP contribution is -2.42. The minimum Gasteiger partial charge on any atom is -0.497 e. The highest BCUT2D eigenvalue weighted by molar-refractivity contribution is 5.73. The summed E-state index contributed by atoms with van der Waals surface area (Å²) < 4.78 is 10.7. The predicted octanol–water partition coefficient (Wildman–Crippen LogP) is 1.80. The molecule has 21 heavy (non-hydrogen) atoms. The first-order chi connectivity index (χ1) is 10.2. The molecule has 0 saturated carbocycles. The molecule has 1 N–H and O–H groups in total. The first kappa shape index (κ1) is 15.6. The van der Waals surface area contributed by atoms with Crippen LogP contribution in [0.5, 0.6) is 5.75 Å². The highest BCUT2D eigenvalue weighted by Crippen LogP contribution is 2.13. The summed E-state index contributed by atoms with van der Waals surface area (Å²) in [6.45, 7) is 1.80. The van der Waals surface area contributed by atoms with E-state index in [4.69, 9.17) is 9.47 Å². The van der Waals surface area contributed by atoms with E-state index in [2.05, 4.69) is 10.3 Å². The molecule has 1 saturated heterocycles. The van der Waals surface area contributed by atoms with E-state index in [1.165, 1.54) is 6.42 Å². The molecular formula is C15H23N3O3. The molecule has 0 spiro atoms. The smallest absolute Gasteiger partial charge is 0.317 e. The van der Waals surface area contributed by atoms with Crippen LogP contribution in [-0.2, 0) is 11.3 Å². The van der Waals surface area contributed by atoms with Crippen LogP contribution >= 0.6 is 0 Å². The van der Waals surface area contributed by atoms with E-state index in [1.54, 1.807) is 31.3 Å². The number of rotatable bonds is 5. The molecule has 1 aromatic rings. The number of ether oxygens (including phenoxy) is 2. The van der Waals surface area contributed by atoms with Crippen molar-refractivity contribution in [2.45, 2.75) is 31.9 Å². The number of nitrogens with one attached hydrogen (secondary N) is 1. The molecule has 1 aromatic heterocycles. The fourth-order valence-corrected chi connectivity index (χ4v) is 2.29. The van der Waals surface area contributed by atoms with E-state index in [1.807, 2.05) is 6.07 Å². The SMILES string of the molecule is COc1ccnc(CN(C)C(=O)NC[C@H]2CCCCO2)c1. The van der Waals surface area contributed by atoms with Crippen LogP contribution in [0.2, 0.25) is 0 Å². The Bertz CT molecular complexity index is 461. The van der Waals surface area contributed by atoms with Crippen LogP contribution in [0.4, 0.5) is 4.79 Å². The number of amides is 2. The van der Waals surface area contributed by atoms with Crippen LogP contribution in [-0.4, -0.2) is 49.3 Å². The van der Waals surface area contributed by atoms with Crippen molar-refractivity contribution in [3.8, 4) is 5.75 Å². The average Bonchev–Trinajstić information content (AvgIpc) is 2.53. The van der Waals surface area contributed by atoms with Gasteiger partial charge in [-0.25, -0.2) is 4.79 Å². The van der Waals surface area contributed by atoms with Crippen molar-refractivity contribution in [3.05, 3.63) is 24.0 Å². The minimum atomic E-state index is -0.117. The van der Waals surface area contributed by atoms with Gasteiger partial charge in [0.05, 0.1) is 25.5 Å². The Morgan fingerprint density at radius 2 is 2.43 bits per heavy atom. The van der Waals surface area contributed by atoms with Crippen LogP contribution < -0.4 is 10.1 Å². The summed E-state index contributed by atoms with van der Waals surface area (Å²) in [4.78, 5) is 17.9. The molecule has 0 aliphatic carbocycles. The molecule has 2 rings (SSSR count). The largest absolute Gasteiger partial charge is 0.497 e. The first-order valence-corrected chi connectivity index (χ1v) is 7.28. The molecule has 0 unspecified atom stereocenters. The van der Waals surface area contributed by atoms with Crippen LogP contribution in [0.15, 0.2) is 18.3 Å². The third-order valence-corrected chi connectivity index (χ3v) is 3.52. The summed E-state index contributed by atoms with van der Waals surface area (Å²) in [6, 6.07) is 3.49. The van der Waals surface area contributed by atoms with E-state index < -0.39 is 0 Å². The van der Waals surface area contributed by atoms with Crippen molar-refractivity contribution in [1.82, 2.24) is 15.2 Å². The number of urea groups is 1. The van der Waals surface area contributed by atoms with Gasteiger partial charge in [0, 0.05) is 32.5 Å². The number of pyridine rings is 1. The molecule has 2 amide bonds. The molecule has 0 bridgehead atoms. The number of hydrogen-bond acceptors (Lipinski definition) is 4. The van der Waals surface area contributed by atoms with Crippen molar-refractivity contribution >= 4 is 6.03 Å². The van der Waals surface area contributed by atoms with Crippen molar-refractivity contribution in [2.24, 2.45) is 0 Å². The predicted molar refractivity (Wildman–Crippen MR) is 79.2 cm³/mol. The highest BCUT2D eigenvalue weighted by atomic mass is 16.5. The van der Waals surface area contributed by atoms with Gasteiger partial charge in [0.2, 0.25) is 0 Å². The molecule has 0 radical (unpaired) electrons. The second-order valence-corrected chi connectivity index (χ2v) is 5.22. The van der Waals surface area contributed by atoms with E-state index in [0.29, 0.717) is 13.1 Å². The quantitative estimate of drug-likeness (QED) is 0.899. The van der Waals surface area contributed by atoms with E-state index >= 15 is 0 Å². The number of hydrogen-bond donors (Lipinski definition) is 1. The molecule has 1 atom stereocenters. The van der Waals surface area contributed by atoms with Gasteiger partial charge in [-0.2, -0.15) is 0 Å². The van der Waals surface area contributed by atoms with Crippen molar-refractivity contribution in [2.75, 3.05) is 27.3 Å². The molecule has 6 nitrogen and oxygen atoms in total. The number of carbonyl (C=O) groups excluding carboxylic acids is 1. The normalized spacial score (nSPS) is 18.1. The lowest BCUT2D eigenvalue weighted by molar-refractivity contribution is 0.0178. The molecule has 116 valence electrons. The number of nitrogens with zero attached hydrogens (tertiary/aromatic N) is 2. The number of carbonyl (C=O) groups is 1. The molecule has 2 heterocycles. The van der Waals surface area contributed by atoms with Crippen LogP contribution in [0.25, 0.3) is 0 Å². The lowest BCUT2D eigenvalue weighted by Gasteiger charge is -2.24. The highest BCUT2D eigenvalue weighted by Gasteiger charge is 2.16. The molecular weight excluding hydrogens is 270 g/mol. The fraction of sp³-hybridized carbons (Fsp3) is 0.600. The molecule has 1 aliphatic rings. The molecule has 6 heteroatoms. The zero-order valence-electron chi connectivity index (χ0n) is 12.7. The second-order valence-electron chi connectivity index (χ2n) is 5.22. The summed E-state index contributed by atoms with van der Waals surface area (Å²) in [7, 11) is 3.36. The topological polar surface area (TPSA) is 63.7 Å². The third kappa shape index (κ3) is 4.90. The molecule has 1 aliphatic heterocycles. The van der Waals surface area contributed by atoms with Crippen molar-refractivity contribution in [1.29, 1.82) is 0 Å². The van der Waals surface area contributed by atoms with Gasteiger partial charge in [-0.3, -0.25) is 4.98 Å². The van der Waals surface area contributed by atoms with E-state index in [-0.39, 0.29) is 12.1 Å². The van der Waals surface area contributed by atoms with Crippen molar-refractivity contribution < 1.29 is 14.3 Å². The van der Waals surface area contributed by atoms with Gasteiger partial charge in [0.1, 0.15) is 5.75 Å². The maximum absolute atomic E-state index is 12.0. The van der Waals surface area contributed by atoms with E-state index in [9.17, 15) is 4.79 Å². The van der Waals surface area contributed by atoms with Crippen LogP contribution in [0.3, 0.4) is 0 Å². The summed E-state index contributed by atoms with van der Waals surface area (Å²) in [5.74, 6) is 0.740. The molecule has 1 fully saturated rings. The maximum atomic E-state index is 12.0. The summed E-state index contributed by atoms with van der Waals surface area (Å²) >= 11 is 0. The minimum absolute atomic E-state index is 0.117. The third-order valence-electron chi connectivity index (χ3n) is 3.52. The fourth-order valence-electron chi connectivity index (χ4n) is 2.29. The van der Waals surface area contributed by atoms with Gasteiger partial charge in [0.25, 0.3) is 0 Å². The number of methoxy groups -OCH3 is 1.